The monoisotopic (exact) mass is 252 g/mol. The molecule has 0 aliphatic rings. The molecule has 6 nitrogen and oxygen atoms in total. The van der Waals surface area contributed by atoms with Crippen LogP contribution in [0.5, 0.6) is 0 Å². The number of hydrogen-bond donors (Lipinski definition) is 2. The number of ether oxygens (including phenoxy) is 1. The van der Waals surface area contributed by atoms with Gasteiger partial charge in [-0.2, -0.15) is 0 Å². The minimum Gasteiger partial charge on any atom is -0.467 e. The Balaban J connectivity index is 2.45. The molecule has 1 rings (SSSR count). The molecule has 0 saturated heterocycles. The SMILES string of the molecule is COC(=O)C(C)(C)ONC(=O)Nc1ccccc1. The molecule has 0 heterocycles. The molecule has 0 spiro atoms. The number of methoxy groups -OCH3 is 1. The van der Waals surface area contributed by atoms with Crippen molar-refractivity contribution in [2.75, 3.05) is 12.4 Å². The van der Waals surface area contributed by atoms with E-state index in [0.29, 0.717) is 5.69 Å². The van der Waals surface area contributed by atoms with Crippen molar-refractivity contribution in [3.8, 4) is 0 Å². The quantitative estimate of drug-likeness (QED) is 0.631. The zero-order chi connectivity index (χ0) is 13.6. The number of hydrogen-bond acceptors (Lipinski definition) is 4. The van der Waals surface area contributed by atoms with E-state index in [9.17, 15) is 9.59 Å². The van der Waals surface area contributed by atoms with Crippen molar-refractivity contribution in [2.24, 2.45) is 0 Å². The fourth-order valence-electron chi connectivity index (χ4n) is 1.14. The third-order valence-corrected chi connectivity index (χ3v) is 2.11. The summed E-state index contributed by atoms with van der Waals surface area (Å²) in [5, 5.41) is 2.54. The molecule has 0 aliphatic heterocycles. The van der Waals surface area contributed by atoms with E-state index >= 15 is 0 Å². The van der Waals surface area contributed by atoms with E-state index in [-0.39, 0.29) is 0 Å². The number of hydroxylamine groups is 1. The van der Waals surface area contributed by atoms with Crippen molar-refractivity contribution in [3.63, 3.8) is 0 Å². The summed E-state index contributed by atoms with van der Waals surface area (Å²) in [5.41, 5.74) is 1.51. The highest BCUT2D eigenvalue weighted by molar-refractivity contribution is 5.88. The Bertz CT molecular complexity index is 417. The van der Waals surface area contributed by atoms with Crippen LogP contribution in [0.15, 0.2) is 30.3 Å². The van der Waals surface area contributed by atoms with Crippen molar-refractivity contribution >= 4 is 17.7 Å². The van der Waals surface area contributed by atoms with E-state index in [1.165, 1.54) is 21.0 Å². The van der Waals surface area contributed by atoms with Crippen LogP contribution in [-0.4, -0.2) is 24.7 Å². The summed E-state index contributed by atoms with van der Waals surface area (Å²) in [6.07, 6.45) is 0. The molecule has 1 aromatic carbocycles. The number of rotatable bonds is 4. The number of nitrogens with one attached hydrogen (secondary N) is 2. The van der Waals surface area contributed by atoms with Gasteiger partial charge in [0.15, 0.2) is 5.60 Å². The number of carbonyl (C=O) groups excluding carboxylic acids is 2. The van der Waals surface area contributed by atoms with Gasteiger partial charge in [0.05, 0.1) is 7.11 Å². The molecule has 2 N–H and O–H groups in total. The Morgan fingerprint density at radius 2 is 1.78 bits per heavy atom. The van der Waals surface area contributed by atoms with Gasteiger partial charge in [-0.3, -0.25) is 4.84 Å². The van der Waals surface area contributed by atoms with Crippen molar-refractivity contribution in [2.45, 2.75) is 19.4 Å². The van der Waals surface area contributed by atoms with Crippen LogP contribution in [0.2, 0.25) is 0 Å². The highest BCUT2D eigenvalue weighted by Crippen LogP contribution is 2.09. The van der Waals surface area contributed by atoms with Gasteiger partial charge < -0.3 is 10.1 Å². The second-order valence-electron chi connectivity index (χ2n) is 4.03. The predicted octanol–water partition coefficient (Wildman–Crippen LogP) is 1.69. The summed E-state index contributed by atoms with van der Waals surface area (Å²) in [5.74, 6) is -0.581. The zero-order valence-electron chi connectivity index (χ0n) is 10.5. The van der Waals surface area contributed by atoms with Crippen LogP contribution in [0, 0.1) is 0 Å². The van der Waals surface area contributed by atoms with Gasteiger partial charge in [-0.1, -0.05) is 18.2 Å². The van der Waals surface area contributed by atoms with Crippen molar-refractivity contribution in [3.05, 3.63) is 30.3 Å². The molecule has 0 unspecified atom stereocenters. The molecule has 1 aromatic rings. The summed E-state index contributed by atoms with van der Waals surface area (Å²) in [4.78, 5) is 27.7. The van der Waals surface area contributed by atoms with Crippen LogP contribution >= 0.6 is 0 Å². The molecule has 0 radical (unpaired) electrons. The molecular weight excluding hydrogens is 236 g/mol. The Morgan fingerprint density at radius 1 is 1.17 bits per heavy atom. The summed E-state index contributed by atoms with van der Waals surface area (Å²) in [6.45, 7) is 2.98. The topological polar surface area (TPSA) is 76.7 Å². The fourth-order valence-corrected chi connectivity index (χ4v) is 1.14. The molecule has 0 aliphatic carbocycles. The Morgan fingerprint density at radius 3 is 2.33 bits per heavy atom. The lowest BCUT2D eigenvalue weighted by molar-refractivity contribution is -0.170. The molecular formula is C12H16N2O4. The van der Waals surface area contributed by atoms with Gasteiger partial charge in [0.1, 0.15) is 0 Å². The first-order valence-corrected chi connectivity index (χ1v) is 5.34. The maximum absolute atomic E-state index is 11.5. The van der Waals surface area contributed by atoms with Gasteiger partial charge in [0.2, 0.25) is 0 Å². The van der Waals surface area contributed by atoms with Crippen LogP contribution in [0.4, 0.5) is 10.5 Å². The van der Waals surface area contributed by atoms with Gasteiger partial charge >= 0.3 is 12.0 Å². The highest BCUT2D eigenvalue weighted by atomic mass is 16.7. The first kappa shape index (κ1) is 14.0. The average Bonchev–Trinajstić information content (AvgIpc) is 2.36. The Labute approximate surface area is 105 Å². The molecule has 0 fully saturated rings. The van der Waals surface area contributed by atoms with Crippen LogP contribution in [-0.2, 0) is 14.4 Å². The molecule has 0 saturated carbocycles. The maximum Gasteiger partial charge on any atom is 0.343 e. The molecule has 0 atom stereocenters. The van der Waals surface area contributed by atoms with Gasteiger partial charge in [-0.25, -0.2) is 15.1 Å². The van der Waals surface area contributed by atoms with Crippen LogP contribution in [0.1, 0.15) is 13.8 Å². The van der Waals surface area contributed by atoms with Crippen molar-refractivity contribution < 1.29 is 19.2 Å². The van der Waals surface area contributed by atoms with Gasteiger partial charge in [0.25, 0.3) is 0 Å². The lowest BCUT2D eigenvalue weighted by Crippen LogP contribution is -2.44. The zero-order valence-corrected chi connectivity index (χ0v) is 10.5. The minimum atomic E-state index is -1.25. The lowest BCUT2D eigenvalue weighted by Gasteiger charge is -2.21. The largest absolute Gasteiger partial charge is 0.467 e. The summed E-state index contributed by atoms with van der Waals surface area (Å²) < 4.78 is 4.53. The number of carbonyl (C=O) groups is 2. The number of para-hydroxylation sites is 1. The van der Waals surface area contributed by atoms with Gasteiger partial charge in [-0.05, 0) is 26.0 Å². The highest BCUT2D eigenvalue weighted by Gasteiger charge is 2.31. The van der Waals surface area contributed by atoms with Crippen LogP contribution in [0.3, 0.4) is 0 Å². The van der Waals surface area contributed by atoms with E-state index < -0.39 is 17.6 Å². The molecule has 18 heavy (non-hydrogen) atoms. The van der Waals surface area contributed by atoms with Crippen LogP contribution < -0.4 is 10.8 Å². The summed E-state index contributed by atoms with van der Waals surface area (Å²) in [7, 11) is 1.25. The maximum atomic E-state index is 11.5. The standard InChI is InChI=1S/C12H16N2O4/c1-12(2,10(15)17-3)18-14-11(16)13-9-7-5-4-6-8-9/h4-8H,1-3H3,(H2,13,14,16). The molecule has 2 amide bonds. The third kappa shape index (κ3) is 4.06. The van der Waals surface area contributed by atoms with E-state index in [1.54, 1.807) is 24.3 Å². The normalized spacial score (nSPS) is 10.6. The predicted molar refractivity (Wildman–Crippen MR) is 65.8 cm³/mol. The van der Waals surface area contributed by atoms with Crippen molar-refractivity contribution in [1.29, 1.82) is 0 Å². The minimum absolute atomic E-state index is 0.571. The summed E-state index contributed by atoms with van der Waals surface area (Å²) >= 11 is 0. The number of urea groups is 1. The van der Waals surface area contributed by atoms with Gasteiger partial charge in [-0.15, -0.1) is 0 Å². The Hall–Kier alpha value is -2.08. The number of anilines is 1. The summed E-state index contributed by atoms with van der Waals surface area (Å²) in [6, 6.07) is 8.29. The fraction of sp³-hybridized carbons (Fsp3) is 0.333. The molecule has 0 bridgehead atoms. The number of amides is 2. The van der Waals surface area contributed by atoms with Gasteiger partial charge in [0, 0.05) is 5.69 Å². The number of esters is 1. The Kier molecular flexibility index (Phi) is 4.67. The molecule has 0 aromatic heterocycles. The molecule has 98 valence electrons. The second-order valence-corrected chi connectivity index (χ2v) is 4.03. The second kappa shape index (κ2) is 6.02. The third-order valence-electron chi connectivity index (χ3n) is 2.11. The van der Waals surface area contributed by atoms with E-state index in [0.717, 1.165) is 0 Å². The smallest absolute Gasteiger partial charge is 0.343 e. The first-order valence-electron chi connectivity index (χ1n) is 5.34. The van der Waals surface area contributed by atoms with E-state index in [4.69, 9.17) is 4.84 Å². The first-order chi connectivity index (χ1) is 8.45. The van der Waals surface area contributed by atoms with E-state index in [2.05, 4.69) is 15.5 Å². The molecule has 6 heteroatoms. The van der Waals surface area contributed by atoms with Crippen LogP contribution in [0.25, 0.3) is 0 Å². The average molecular weight is 252 g/mol. The van der Waals surface area contributed by atoms with E-state index in [1.807, 2.05) is 6.07 Å². The van der Waals surface area contributed by atoms with Crippen molar-refractivity contribution in [1.82, 2.24) is 5.48 Å². The number of benzene rings is 1. The lowest BCUT2D eigenvalue weighted by atomic mass is 10.1.